The van der Waals surface area contributed by atoms with Crippen LogP contribution >= 0.6 is 15.9 Å². The van der Waals surface area contributed by atoms with Crippen molar-refractivity contribution in [3.8, 4) is 44.5 Å². The van der Waals surface area contributed by atoms with Gasteiger partial charge in [0.25, 0.3) is 0 Å². The van der Waals surface area contributed by atoms with E-state index in [-0.39, 0.29) is 0 Å². The Labute approximate surface area is 327 Å². The largest absolute Gasteiger partial charge is 0.0990 e. The molecular weight excluding hydrogens is 716 g/mol. The Balaban J connectivity index is 1.37. The second kappa shape index (κ2) is 15.1. The lowest BCUT2D eigenvalue weighted by Crippen LogP contribution is -1.93. The molecule has 8 aromatic rings. The minimum atomic E-state index is 0.997. The summed E-state index contributed by atoms with van der Waals surface area (Å²) in [5.41, 5.74) is 14.3. The Kier molecular flexibility index (Phi) is 9.83. The van der Waals surface area contributed by atoms with E-state index in [0.717, 1.165) is 22.0 Å². The van der Waals surface area contributed by atoms with Gasteiger partial charge < -0.3 is 0 Å². The average molecular weight is 758 g/mol. The minimum Gasteiger partial charge on any atom is -0.0990 e. The molecule has 8 aromatic carbocycles. The predicted octanol–water partition coefficient (Wildman–Crippen LogP) is 16.1. The van der Waals surface area contributed by atoms with Crippen molar-refractivity contribution >= 4 is 59.4 Å². The third kappa shape index (κ3) is 6.36. The van der Waals surface area contributed by atoms with Gasteiger partial charge in [0.05, 0.1) is 0 Å². The molecule has 0 nitrogen and oxygen atoms in total. The van der Waals surface area contributed by atoms with Crippen molar-refractivity contribution in [1.82, 2.24) is 0 Å². The van der Waals surface area contributed by atoms with Crippen molar-refractivity contribution < 1.29 is 0 Å². The molecular formula is C53H41Br. The monoisotopic (exact) mass is 756 g/mol. The van der Waals surface area contributed by atoms with Crippen molar-refractivity contribution in [3.63, 3.8) is 0 Å². The van der Waals surface area contributed by atoms with Gasteiger partial charge in [-0.05, 0) is 125 Å². The summed E-state index contributed by atoms with van der Waals surface area (Å²) in [7, 11) is 0. The van der Waals surface area contributed by atoms with Crippen LogP contribution in [0.4, 0.5) is 0 Å². The van der Waals surface area contributed by atoms with Crippen molar-refractivity contribution in [2.75, 3.05) is 0 Å². The number of benzene rings is 8. The Morgan fingerprint density at radius 1 is 0.537 bits per heavy atom. The number of hydrogen-bond donors (Lipinski definition) is 0. The first-order valence-electron chi connectivity index (χ1n) is 18.6. The third-order valence-corrected chi connectivity index (χ3v) is 11.2. The molecule has 0 aromatic heterocycles. The van der Waals surface area contributed by atoms with Crippen LogP contribution in [-0.4, -0.2) is 0 Å². The van der Waals surface area contributed by atoms with Crippen LogP contribution in [0.3, 0.4) is 0 Å². The van der Waals surface area contributed by atoms with E-state index in [4.69, 9.17) is 0 Å². The topological polar surface area (TPSA) is 0 Å². The van der Waals surface area contributed by atoms with Crippen LogP contribution in [0.5, 0.6) is 0 Å². The van der Waals surface area contributed by atoms with Gasteiger partial charge in [0.1, 0.15) is 0 Å². The number of rotatable bonds is 10. The van der Waals surface area contributed by atoms with Crippen LogP contribution < -0.4 is 0 Å². The predicted molar refractivity (Wildman–Crippen MR) is 241 cm³/mol. The maximum absolute atomic E-state index is 4.03. The Bertz CT molecular complexity index is 2740. The molecule has 0 saturated carbocycles. The fourth-order valence-electron chi connectivity index (χ4n) is 7.91. The summed E-state index contributed by atoms with van der Waals surface area (Å²) in [5, 5.41) is 7.52. The average Bonchev–Trinajstić information content (AvgIpc) is 3.22. The van der Waals surface area contributed by atoms with Crippen LogP contribution in [0.1, 0.15) is 31.4 Å². The Morgan fingerprint density at radius 2 is 1.00 bits per heavy atom. The lowest BCUT2D eigenvalue weighted by molar-refractivity contribution is 1.23. The van der Waals surface area contributed by atoms with Gasteiger partial charge in [0.15, 0.2) is 0 Å². The van der Waals surface area contributed by atoms with E-state index in [1.807, 2.05) is 18.2 Å². The lowest BCUT2D eigenvalue weighted by atomic mass is 9.83. The van der Waals surface area contributed by atoms with Gasteiger partial charge in [0.2, 0.25) is 0 Å². The van der Waals surface area contributed by atoms with Crippen molar-refractivity contribution in [2.24, 2.45) is 0 Å². The van der Waals surface area contributed by atoms with E-state index < -0.39 is 0 Å². The summed E-state index contributed by atoms with van der Waals surface area (Å²) < 4.78 is 1.10. The molecule has 260 valence electrons. The Morgan fingerprint density at radius 3 is 1.52 bits per heavy atom. The zero-order chi connectivity index (χ0) is 37.2. The summed E-state index contributed by atoms with van der Waals surface area (Å²) in [4.78, 5) is 0. The molecule has 0 N–H and O–H groups in total. The first kappa shape index (κ1) is 35.0. The van der Waals surface area contributed by atoms with E-state index in [1.54, 1.807) is 0 Å². The summed E-state index contributed by atoms with van der Waals surface area (Å²) in [6, 6.07) is 51.5. The smallest absolute Gasteiger partial charge is 0.0260 e. The van der Waals surface area contributed by atoms with E-state index in [9.17, 15) is 0 Å². The molecule has 1 heteroatoms. The molecule has 0 heterocycles. The van der Waals surface area contributed by atoms with Gasteiger partial charge in [0, 0.05) is 4.47 Å². The van der Waals surface area contributed by atoms with E-state index >= 15 is 0 Å². The molecule has 8 rings (SSSR count). The second-order valence-electron chi connectivity index (χ2n) is 13.7. The van der Waals surface area contributed by atoms with Gasteiger partial charge in [-0.2, -0.15) is 0 Å². The standard InChI is InChI=1S/C53H41Br/c1-5-12-35(8-4)38-17-23-41(24-18-38)48-33-49(42-25-21-40(22-26-42)37-15-10-9-11-16-37)45-31-32-47-51(54)34-50(46-30-29-44(48)52(45)53(46)47)43-27-19-39(20-28-43)36(13-6-2)14-7-3/h5-6,8-34H,1,4,7H2,2-3H3/b13-6-,35-12+,36-14+. The highest BCUT2D eigenvalue weighted by molar-refractivity contribution is 9.10. The van der Waals surface area contributed by atoms with Crippen LogP contribution in [0.15, 0.2) is 194 Å². The molecule has 0 aliphatic carbocycles. The molecule has 54 heavy (non-hydrogen) atoms. The summed E-state index contributed by atoms with van der Waals surface area (Å²) in [5.74, 6) is 0. The molecule has 0 aliphatic rings. The van der Waals surface area contributed by atoms with Crippen LogP contribution in [0.25, 0.3) is 88.0 Å². The second-order valence-corrected chi connectivity index (χ2v) is 14.5. The molecule has 0 spiro atoms. The maximum Gasteiger partial charge on any atom is 0.0260 e. The lowest BCUT2D eigenvalue weighted by Gasteiger charge is -2.20. The fraction of sp³-hybridized carbons (Fsp3) is 0.0566. The van der Waals surface area contributed by atoms with E-state index in [1.165, 1.54) is 88.0 Å². The van der Waals surface area contributed by atoms with E-state index in [2.05, 4.69) is 201 Å². The number of hydrogen-bond acceptors (Lipinski definition) is 0. The van der Waals surface area contributed by atoms with Crippen LogP contribution in [0, 0.1) is 0 Å². The van der Waals surface area contributed by atoms with Crippen LogP contribution in [-0.2, 0) is 0 Å². The Hall–Kier alpha value is -6.02. The quantitative estimate of drug-likeness (QED) is 0.0963. The zero-order valence-corrected chi connectivity index (χ0v) is 32.3. The molecule has 0 atom stereocenters. The third-order valence-electron chi connectivity index (χ3n) is 10.5. The zero-order valence-electron chi connectivity index (χ0n) is 30.7. The normalized spacial score (nSPS) is 12.4. The molecule has 0 radical (unpaired) electrons. The van der Waals surface area contributed by atoms with E-state index in [0.29, 0.717) is 0 Å². The first-order chi connectivity index (χ1) is 26.5. The van der Waals surface area contributed by atoms with Gasteiger partial charge >= 0.3 is 0 Å². The number of halogens is 1. The maximum atomic E-state index is 4.03. The molecule has 0 amide bonds. The van der Waals surface area contributed by atoms with Gasteiger partial charge in [-0.1, -0.05) is 200 Å². The molecule has 0 fully saturated rings. The molecule has 0 saturated heterocycles. The summed E-state index contributed by atoms with van der Waals surface area (Å²) in [6.07, 6.45) is 13.3. The van der Waals surface area contributed by atoms with Gasteiger partial charge in [-0.15, -0.1) is 0 Å². The molecule has 0 unspecified atom stereocenters. The highest BCUT2D eigenvalue weighted by Crippen LogP contribution is 2.48. The molecule has 0 bridgehead atoms. The minimum absolute atomic E-state index is 0.997. The first-order valence-corrected chi connectivity index (χ1v) is 19.4. The van der Waals surface area contributed by atoms with Crippen LogP contribution in [0.2, 0.25) is 0 Å². The van der Waals surface area contributed by atoms with Gasteiger partial charge in [-0.25, -0.2) is 0 Å². The highest BCUT2D eigenvalue weighted by atomic mass is 79.9. The summed E-state index contributed by atoms with van der Waals surface area (Å²) in [6.45, 7) is 12.2. The van der Waals surface area contributed by atoms with Crippen molar-refractivity contribution in [1.29, 1.82) is 0 Å². The fourth-order valence-corrected chi connectivity index (χ4v) is 8.47. The van der Waals surface area contributed by atoms with Crippen molar-refractivity contribution in [2.45, 2.75) is 20.3 Å². The summed E-state index contributed by atoms with van der Waals surface area (Å²) >= 11 is 4.03. The highest BCUT2D eigenvalue weighted by Gasteiger charge is 2.20. The number of allylic oxidation sites excluding steroid dienone is 8. The molecule has 0 aliphatic heterocycles. The van der Waals surface area contributed by atoms with Crippen molar-refractivity contribution in [3.05, 3.63) is 205 Å². The SMILES string of the molecule is C=C/C=C(\C=C)c1ccc(-c2cc(-c3ccc(-c4ccccc4)cc3)c3ccc4c(Br)cc(-c5ccc(C(/C=C\C)=C/CC)cc5)c5ccc2c3c45)cc1. The van der Waals surface area contributed by atoms with Gasteiger partial charge in [-0.3, -0.25) is 0 Å².